The molecule has 3 amide bonds. The lowest BCUT2D eigenvalue weighted by Gasteiger charge is -2.21. The Morgan fingerprint density at radius 2 is 1.90 bits per heavy atom. The highest BCUT2D eigenvalue weighted by Crippen LogP contribution is 2.21. The van der Waals surface area contributed by atoms with Crippen molar-refractivity contribution in [2.45, 2.75) is 39.0 Å². The first-order valence-electron chi connectivity index (χ1n) is 7.54. The number of amides is 3. The first kappa shape index (κ1) is 17.3. The van der Waals surface area contributed by atoms with Crippen LogP contribution in [0.5, 0.6) is 0 Å². The molecule has 3 N–H and O–H groups in total. The quantitative estimate of drug-likeness (QED) is 0.675. The number of carbonyl (C=O) groups excluding carboxylic acids is 2. The van der Waals surface area contributed by atoms with Gasteiger partial charge in [-0.3, -0.25) is 9.59 Å². The van der Waals surface area contributed by atoms with Gasteiger partial charge in [-0.2, -0.15) is 0 Å². The fraction of sp³-hybridized carbons (Fsp3) is 0.786. The second-order valence-electron chi connectivity index (χ2n) is 5.40. The number of carboxylic acid groups (broad SMARTS) is 1. The van der Waals surface area contributed by atoms with Gasteiger partial charge in [0.25, 0.3) is 0 Å². The number of hydrogen-bond donors (Lipinski definition) is 3. The van der Waals surface area contributed by atoms with E-state index >= 15 is 0 Å². The summed E-state index contributed by atoms with van der Waals surface area (Å²) in [5, 5.41) is 13.2. The van der Waals surface area contributed by atoms with E-state index in [1.165, 1.54) is 12.8 Å². The number of nitrogens with zero attached hydrogens (tertiary/aromatic N) is 1. The number of carbonyl (C=O) groups is 3. The number of rotatable bonds is 6. The van der Waals surface area contributed by atoms with Crippen molar-refractivity contribution < 1.29 is 19.5 Å². The number of carboxylic acids is 1. The van der Waals surface area contributed by atoms with E-state index < -0.39 is 18.4 Å². The number of nitrogens with one attached hydrogen (secondary N) is 2. The van der Waals surface area contributed by atoms with Gasteiger partial charge in [-0.05, 0) is 25.2 Å². The van der Waals surface area contributed by atoms with Crippen LogP contribution in [0.1, 0.15) is 39.0 Å². The summed E-state index contributed by atoms with van der Waals surface area (Å²) in [6, 6.07) is -0.252. The third-order valence-electron chi connectivity index (χ3n) is 3.67. The Kier molecular flexibility index (Phi) is 7.56. The van der Waals surface area contributed by atoms with E-state index in [0.717, 1.165) is 19.3 Å². The van der Waals surface area contributed by atoms with Crippen LogP contribution >= 0.6 is 0 Å². The second kappa shape index (κ2) is 9.20. The van der Waals surface area contributed by atoms with Crippen molar-refractivity contribution in [1.82, 2.24) is 15.5 Å². The van der Waals surface area contributed by atoms with Gasteiger partial charge >= 0.3 is 12.0 Å². The molecule has 0 aromatic heterocycles. The van der Waals surface area contributed by atoms with Crippen molar-refractivity contribution in [3.05, 3.63) is 0 Å². The summed E-state index contributed by atoms with van der Waals surface area (Å²) < 4.78 is 0. The normalized spacial score (nSPS) is 18.7. The van der Waals surface area contributed by atoms with Gasteiger partial charge in [0.2, 0.25) is 5.91 Å². The molecule has 21 heavy (non-hydrogen) atoms. The Bertz CT molecular complexity index is 373. The molecule has 1 unspecified atom stereocenters. The summed E-state index contributed by atoms with van der Waals surface area (Å²) in [5.74, 6) is -0.916. The first-order valence-corrected chi connectivity index (χ1v) is 7.54. The number of likely N-dealkylation sites (tertiary alicyclic amines) is 1. The SMILES string of the molecule is CCCC1CCCN(C(=O)NCC(=O)NCC(=O)O)CC1. The minimum absolute atomic E-state index is 0.193. The van der Waals surface area contributed by atoms with E-state index in [4.69, 9.17) is 5.11 Å². The Labute approximate surface area is 125 Å². The van der Waals surface area contributed by atoms with Crippen LogP contribution in [-0.4, -0.2) is 54.1 Å². The topological polar surface area (TPSA) is 98.7 Å². The molecule has 7 heteroatoms. The van der Waals surface area contributed by atoms with Crippen LogP contribution in [0.3, 0.4) is 0 Å². The zero-order valence-electron chi connectivity index (χ0n) is 12.6. The Balaban J connectivity index is 2.28. The summed E-state index contributed by atoms with van der Waals surface area (Å²) in [6.07, 6.45) is 5.51. The Morgan fingerprint density at radius 3 is 2.57 bits per heavy atom. The maximum Gasteiger partial charge on any atom is 0.322 e. The van der Waals surface area contributed by atoms with Crippen molar-refractivity contribution in [2.75, 3.05) is 26.2 Å². The van der Waals surface area contributed by atoms with Gasteiger partial charge in [0.15, 0.2) is 0 Å². The minimum atomic E-state index is -1.11. The largest absolute Gasteiger partial charge is 0.480 e. The highest BCUT2D eigenvalue weighted by Gasteiger charge is 2.20. The van der Waals surface area contributed by atoms with Gasteiger partial charge < -0.3 is 20.6 Å². The van der Waals surface area contributed by atoms with Gasteiger partial charge in [-0.25, -0.2) is 4.79 Å². The lowest BCUT2D eigenvalue weighted by atomic mass is 9.96. The molecule has 1 heterocycles. The molecule has 0 aliphatic carbocycles. The van der Waals surface area contributed by atoms with Gasteiger partial charge in [0.05, 0.1) is 6.54 Å². The molecule has 0 aromatic carbocycles. The van der Waals surface area contributed by atoms with E-state index in [2.05, 4.69) is 17.6 Å². The van der Waals surface area contributed by atoms with Crippen LogP contribution in [0, 0.1) is 5.92 Å². The third kappa shape index (κ3) is 6.97. The smallest absolute Gasteiger partial charge is 0.322 e. The van der Waals surface area contributed by atoms with Crippen LogP contribution < -0.4 is 10.6 Å². The molecule has 1 fully saturated rings. The van der Waals surface area contributed by atoms with Crippen LogP contribution in [0.2, 0.25) is 0 Å². The predicted molar refractivity (Wildman–Crippen MR) is 77.9 cm³/mol. The fourth-order valence-corrected chi connectivity index (χ4v) is 2.57. The fourth-order valence-electron chi connectivity index (χ4n) is 2.57. The van der Waals surface area contributed by atoms with Gasteiger partial charge in [-0.1, -0.05) is 19.8 Å². The third-order valence-corrected chi connectivity index (χ3v) is 3.67. The molecule has 1 atom stereocenters. The van der Waals surface area contributed by atoms with Crippen molar-refractivity contribution in [1.29, 1.82) is 0 Å². The number of aliphatic carboxylic acids is 1. The molecule has 1 rings (SSSR count). The molecule has 0 radical (unpaired) electrons. The monoisotopic (exact) mass is 299 g/mol. The minimum Gasteiger partial charge on any atom is -0.480 e. The summed E-state index contributed by atoms with van der Waals surface area (Å²) in [4.78, 5) is 35.3. The Hall–Kier alpha value is -1.79. The van der Waals surface area contributed by atoms with E-state index in [9.17, 15) is 14.4 Å². The van der Waals surface area contributed by atoms with Crippen LogP contribution in [-0.2, 0) is 9.59 Å². The summed E-state index contributed by atoms with van der Waals surface area (Å²) in [7, 11) is 0. The molecule has 0 bridgehead atoms. The molecular weight excluding hydrogens is 274 g/mol. The van der Waals surface area contributed by atoms with Crippen molar-refractivity contribution in [3.63, 3.8) is 0 Å². The molecule has 7 nitrogen and oxygen atoms in total. The highest BCUT2D eigenvalue weighted by atomic mass is 16.4. The van der Waals surface area contributed by atoms with E-state index in [1.54, 1.807) is 4.90 Å². The van der Waals surface area contributed by atoms with Crippen molar-refractivity contribution in [2.24, 2.45) is 5.92 Å². The molecule has 1 saturated heterocycles. The van der Waals surface area contributed by atoms with E-state index in [-0.39, 0.29) is 12.6 Å². The van der Waals surface area contributed by atoms with Crippen molar-refractivity contribution in [3.8, 4) is 0 Å². The lowest BCUT2D eigenvalue weighted by Crippen LogP contribution is -2.45. The van der Waals surface area contributed by atoms with Gasteiger partial charge in [-0.15, -0.1) is 0 Å². The zero-order chi connectivity index (χ0) is 15.7. The first-order chi connectivity index (χ1) is 10.0. The van der Waals surface area contributed by atoms with Crippen LogP contribution in [0.25, 0.3) is 0 Å². The number of hydrogen-bond acceptors (Lipinski definition) is 3. The second-order valence-corrected chi connectivity index (χ2v) is 5.40. The summed E-state index contributed by atoms with van der Waals surface area (Å²) in [5.41, 5.74) is 0. The van der Waals surface area contributed by atoms with E-state index in [0.29, 0.717) is 19.0 Å². The standard InChI is InChI=1S/C14H25N3O4/c1-2-4-11-5-3-7-17(8-6-11)14(21)16-9-12(18)15-10-13(19)20/h11H,2-10H2,1H3,(H,15,18)(H,16,21)(H,19,20). The molecule has 120 valence electrons. The molecule has 0 spiro atoms. The maximum absolute atomic E-state index is 12.0. The average Bonchev–Trinajstić information content (AvgIpc) is 2.68. The summed E-state index contributed by atoms with van der Waals surface area (Å²) >= 11 is 0. The average molecular weight is 299 g/mol. The molecule has 1 aliphatic rings. The van der Waals surface area contributed by atoms with Gasteiger partial charge in [0, 0.05) is 13.1 Å². The van der Waals surface area contributed by atoms with Crippen LogP contribution in [0.4, 0.5) is 4.79 Å². The van der Waals surface area contributed by atoms with E-state index in [1.807, 2.05) is 0 Å². The molecule has 0 saturated carbocycles. The molecule has 1 aliphatic heterocycles. The maximum atomic E-state index is 12.0. The summed E-state index contributed by atoms with van der Waals surface area (Å²) in [6.45, 7) is 2.97. The van der Waals surface area contributed by atoms with Gasteiger partial charge in [0.1, 0.15) is 6.54 Å². The molecule has 0 aromatic rings. The molecular formula is C14H25N3O4. The lowest BCUT2D eigenvalue weighted by molar-refractivity contribution is -0.137. The van der Waals surface area contributed by atoms with Crippen LogP contribution in [0.15, 0.2) is 0 Å². The Morgan fingerprint density at radius 1 is 1.14 bits per heavy atom. The van der Waals surface area contributed by atoms with Crippen molar-refractivity contribution >= 4 is 17.9 Å². The number of urea groups is 1. The zero-order valence-corrected chi connectivity index (χ0v) is 12.6. The highest BCUT2D eigenvalue weighted by molar-refractivity contribution is 5.86. The predicted octanol–water partition coefficient (Wildman–Crippen LogP) is 0.799.